The van der Waals surface area contributed by atoms with Crippen molar-refractivity contribution in [1.29, 1.82) is 0 Å². The third-order valence-corrected chi connectivity index (χ3v) is 4.42. The van der Waals surface area contributed by atoms with E-state index in [1.807, 2.05) is 6.07 Å². The Morgan fingerprint density at radius 2 is 1.74 bits per heavy atom. The number of carbonyl (C=O) groups is 1. The Kier molecular flexibility index (Phi) is 5.24. The Morgan fingerprint density at radius 3 is 2.45 bits per heavy atom. The molecule has 0 radical (unpaired) electrons. The molecule has 4 aromatic rings. The van der Waals surface area contributed by atoms with Crippen molar-refractivity contribution >= 4 is 5.91 Å². The molecule has 1 amide bonds. The van der Waals surface area contributed by atoms with Gasteiger partial charge in [0.05, 0.1) is 18.3 Å². The second-order valence-electron chi connectivity index (χ2n) is 6.40. The topological polar surface area (TPSA) is 77.6 Å². The van der Waals surface area contributed by atoms with Crippen LogP contribution in [0.4, 0.5) is 17.6 Å². The van der Waals surface area contributed by atoms with Gasteiger partial charge in [0.1, 0.15) is 17.8 Å². The van der Waals surface area contributed by atoms with E-state index in [1.54, 1.807) is 28.8 Å². The lowest BCUT2D eigenvalue weighted by Crippen LogP contribution is -2.27. The van der Waals surface area contributed by atoms with Crippen molar-refractivity contribution in [3.05, 3.63) is 90.0 Å². The van der Waals surface area contributed by atoms with Gasteiger partial charge >= 0.3 is 6.18 Å². The first kappa shape index (κ1) is 20.3. The highest BCUT2D eigenvalue weighted by Gasteiger charge is 2.41. The maximum absolute atomic E-state index is 14.0. The van der Waals surface area contributed by atoms with Gasteiger partial charge in [-0.3, -0.25) is 9.36 Å². The SMILES string of the molecule is O=C(NCc1nncn1-c1ccccc1)c1cnn(-c2ccccc2F)c1C(F)(F)F. The molecule has 11 heteroatoms. The molecule has 0 saturated carbocycles. The van der Waals surface area contributed by atoms with Gasteiger partial charge in [0.2, 0.25) is 0 Å². The van der Waals surface area contributed by atoms with Gasteiger partial charge < -0.3 is 5.32 Å². The normalized spacial score (nSPS) is 11.5. The van der Waals surface area contributed by atoms with Crippen LogP contribution in [0.3, 0.4) is 0 Å². The fourth-order valence-corrected chi connectivity index (χ4v) is 3.03. The van der Waals surface area contributed by atoms with Crippen molar-refractivity contribution in [2.75, 3.05) is 0 Å². The highest BCUT2D eigenvalue weighted by molar-refractivity contribution is 5.95. The number of amides is 1. The summed E-state index contributed by atoms with van der Waals surface area (Å²) in [5.74, 6) is -1.62. The van der Waals surface area contributed by atoms with E-state index in [-0.39, 0.29) is 6.54 Å². The zero-order chi connectivity index (χ0) is 22.0. The van der Waals surface area contributed by atoms with Gasteiger partial charge in [0.15, 0.2) is 11.5 Å². The molecule has 0 aliphatic heterocycles. The standard InChI is InChI=1S/C20H14F4N6O/c21-15-8-4-5-9-16(15)30-18(20(22,23)24)14(10-27-30)19(31)25-11-17-28-26-12-29(17)13-6-2-1-3-7-13/h1-10,12H,11H2,(H,25,31). The molecule has 2 heterocycles. The number of halogens is 4. The first-order chi connectivity index (χ1) is 14.9. The van der Waals surface area contributed by atoms with E-state index in [9.17, 15) is 22.4 Å². The molecule has 31 heavy (non-hydrogen) atoms. The molecule has 0 aliphatic rings. The number of benzene rings is 2. The first-order valence-electron chi connectivity index (χ1n) is 8.99. The average Bonchev–Trinajstić information content (AvgIpc) is 3.40. The van der Waals surface area contributed by atoms with Crippen molar-refractivity contribution in [3.8, 4) is 11.4 Å². The quantitative estimate of drug-likeness (QED) is 0.492. The molecule has 158 valence electrons. The van der Waals surface area contributed by atoms with E-state index in [2.05, 4.69) is 20.6 Å². The molecule has 0 atom stereocenters. The predicted octanol–water partition coefficient (Wildman–Crippen LogP) is 3.54. The van der Waals surface area contributed by atoms with E-state index in [4.69, 9.17) is 0 Å². The van der Waals surface area contributed by atoms with Crippen molar-refractivity contribution in [1.82, 2.24) is 29.9 Å². The highest BCUT2D eigenvalue weighted by atomic mass is 19.4. The van der Waals surface area contributed by atoms with Crippen LogP contribution in [0.5, 0.6) is 0 Å². The summed E-state index contributed by atoms with van der Waals surface area (Å²) < 4.78 is 57.2. The van der Waals surface area contributed by atoms with Gasteiger partial charge in [0, 0.05) is 5.69 Å². The lowest BCUT2D eigenvalue weighted by molar-refractivity contribution is -0.143. The smallest absolute Gasteiger partial charge is 0.345 e. The van der Waals surface area contributed by atoms with Gasteiger partial charge in [-0.15, -0.1) is 10.2 Å². The summed E-state index contributed by atoms with van der Waals surface area (Å²) in [6, 6.07) is 13.8. The van der Waals surface area contributed by atoms with Gasteiger partial charge in [-0.2, -0.15) is 18.3 Å². The van der Waals surface area contributed by atoms with Crippen molar-refractivity contribution in [3.63, 3.8) is 0 Å². The van der Waals surface area contributed by atoms with E-state index in [0.717, 1.165) is 24.0 Å². The van der Waals surface area contributed by atoms with Gasteiger partial charge in [-0.05, 0) is 24.3 Å². The van der Waals surface area contributed by atoms with Crippen molar-refractivity contribution < 1.29 is 22.4 Å². The Hall–Kier alpha value is -4.02. The number of nitrogens with zero attached hydrogens (tertiary/aromatic N) is 5. The molecular weight excluding hydrogens is 416 g/mol. The molecule has 4 rings (SSSR count). The van der Waals surface area contributed by atoms with Crippen LogP contribution in [-0.2, 0) is 12.7 Å². The van der Waals surface area contributed by atoms with E-state index in [0.29, 0.717) is 10.5 Å². The number of aromatic nitrogens is 5. The number of rotatable bonds is 5. The monoisotopic (exact) mass is 430 g/mol. The molecule has 7 nitrogen and oxygen atoms in total. The number of carbonyl (C=O) groups excluding carboxylic acids is 1. The van der Waals surface area contributed by atoms with Crippen LogP contribution in [0.2, 0.25) is 0 Å². The molecule has 0 aliphatic carbocycles. The Labute approximate surface area is 173 Å². The maximum atomic E-state index is 14.0. The third kappa shape index (κ3) is 4.02. The fourth-order valence-electron chi connectivity index (χ4n) is 3.03. The van der Waals surface area contributed by atoms with Gasteiger partial charge in [-0.1, -0.05) is 30.3 Å². The summed E-state index contributed by atoms with van der Waals surface area (Å²) in [7, 11) is 0. The maximum Gasteiger partial charge on any atom is 0.434 e. The second-order valence-corrected chi connectivity index (χ2v) is 6.40. The first-order valence-corrected chi connectivity index (χ1v) is 8.99. The minimum absolute atomic E-state index is 0.185. The lowest BCUT2D eigenvalue weighted by Gasteiger charge is -2.13. The minimum atomic E-state index is -4.95. The van der Waals surface area contributed by atoms with Crippen LogP contribution in [-0.4, -0.2) is 30.5 Å². The summed E-state index contributed by atoms with van der Waals surface area (Å²) >= 11 is 0. The van der Waals surface area contributed by atoms with Gasteiger partial charge in [-0.25, -0.2) is 9.07 Å². The van der Waals surface area contributed by atoms with Gasteiger partial charge in [0.25, 0.3) is 5.91 Å². The molecule has 2 aromatic carbocycles. The molecule has 0 spiro atoms. The van der Waals surface area contributed by atoms with Crippen LogP contribution < -0.4 is 5.32 Å². The molecule has 0 bridgehead atoms. The Balaban J connectivity index is 1.62. The minimum Gasteiger partial charge on any atom is -0.345 e. The third-order valence-electron chi connectivity index (χ3n) is 4.42. The summed E-state index contributed by atoms with van der Waals surface area (Å²) in [5, 5.41) is 13.7. The fraction of sp³-hybridized carbons (Fsp3) is 0.100. The average molecular weight is 430 g/mol. The Bertz CT molecular complexity index is 1220. The van der Waals surface area contributed by atoms with Crippen molar-refractivity contribution in [2.24, 2.45) is 0 Å². The summed E-state index contributed by atoms with van der Waals surface area (Å²) in [6.45, 7) is -0.185. The van der Waals surface area contributed by atoms with Crippen LogP contribution in [0, 0.1) is 5.82 Å². The van der Waals surface area contributed by atoms with E-state index < -0.39 is 34.8 Å². The number of hydrogen-bond donors (Lipinski definition) is 1. The summed E-state index contributed by atoms with van der Waals surface area (Å²) in [5.41, 5.74) is -1.81. The van der Waals surface area contributed by atoms with Crippen LogP contribution in [0.1, 0.15) is 21.9 Å². The largest absolute Gasteiger partial charge is 0.434 e. The predicted molar refractivity (Wildman–Crippen MR) is 101 cm³/mol. The molecular formula is C20H14F4N6O. The molecule has 2 aromatic heterocycles. The summed E-state index contributed by atoms with van der Waals surface area (Å²) in [4.78, 5) is 12.6. The number of para-hydroxylation sites is 2. The number of alkyl halides is 3. The zero-order valence-electron chi connectivity index (χ0n) is 15.7. The number of hydrogen-bond acceptors (Lipinski definition) is 4. The van der Waals surface area contributed by atoms with Crippen LogP contribution in [0.15, 0.2) is 67.1 Å². The van der Waals surface area contributed by atoms with E-state index in [1.165, 1.54) is 18.5 Å². The highest BCUT2D eigenvalue weighted by Crippen LogP contribution is 2.34. The zero-order valence-corrected chi connectivity index (χ0v) is 15.7. The second kappa shape index (κ2) is 8.01. The number of nitrogens with one attached hydrogen (secondary N) is 1. The molecule has 0 fully saturated rings. The lowest BCUT2D eigenvalue weighted by atomic mass is 10.2. The van der Waals surface area contributed by atoms with Crippen LogP contribution in [0.25, 0.3) is 11.4 Å². The van der Waals surface area contributed by atoms with E-state index >= 15 is 0 Å². The Morgan fingerprint density at radius 1 is 1.03 bits per heavy atom. The molecule has 0 unspecified atom stereocenters. The summed E-state index contributed by atoms with van der Waals surface area (Å²) in [6.07, 6.45) is -2.77. The van der Waals surface area contributed by atoms with Crippen LogP contribution >= 0.6 is 0 Å². The molecule has 1 N–H and O–H groups in total. The van der Waals surface area contributed by atoms with Crippen molar-refractivity contribution in [2.45, 2.75) is 12.7 Å². The molecule has 0 saturated heterocycles.